The van der Waals surface area contributed by atoms with Crippen LogP contribution in [0, 0.1) is 21.4 Å². The molecule has 8 nitrogen and oxygen atoms in total. The lowest BCUT2D eigenvalue weighted by Gasteiger charge is -2.09. The van der Waals surface area contributed by atoms with E-state index in [1.54, 1.807) is 36.4 Å². The maximum Gasteiger partial charge on any atom is 0.343 e. The quantitative estimate of drug-likeness (QED) is 0.121. The summed E-state index contributed by atoms with van der Waals surface area (Å²) < 4.78 is 5.41. The third kappa shape index (κ3) is 5.95. The van der Waals surface area contributed by atoms with E-state index in [4.69, 9.17) is 27.9 Å². The standard InChI is InChI=1S/C23H13Cl2N3O5/c24-17-7-5-14(6-8-17)23(30)33-21-4-2-1-3-15(21)11-16(13-26)22(29)27-18-9-10-19(25)20(12-18)28(31)32/h1-12H,(H,27,29)/b16-11+. The van der Waals surface area contributed by atoms with Crippen molar-refractivity contribution in [2.24, 2.45) is 0 Å². The molecular formula is C23H13Cl2N3O5. The second-order valence-electron chi connectivity index (χ2n) is 6.48. The minimum atomic E-state index is -0.812. The van der Waals surface area contributed by atoms with Crippen LogP contribution in [0.5, 0.6) is 5.75 Å². The van der Waals surface area contributed by atoms with Crippen molar-refractivity contribution in [3.05, 3.63) is 104 Å². The van der Waals surface area contributed by atoms with Gasteiger partial charge in [0.05, 0.1) is 10.5 Å². The third-order valence-corrected chi connectivity index (χ3v) is 4.84. The first kappa shape index (κ1) is 23.5. The molecule has 33 heavy (non-hydrogen) atoms. The monoisotopic (exact) mass is 481 g/mol. The fourth-order valence-corrected chi connectivity index (χ4v) is 2.98. The number of hydrogen-bond acceptors (Lipinski definition) is 6. The number of ether oxygens (including phenoxy) is 1. The van der Waals surface area contributed by atoms with Crippen LogP contribution < -0.4 is 10.1 Å². The van der Waals surface area contributed by atoms with Crippen LogP contribution in [0.2, 0.25) is 10.0 Å². The first-order chi connectivity index (χ1) is 15.8. The molecular weight excluding hydrogens is 469 g/mol. The minimum Gasteiger partial charge on any atom is -0.422 e. The van der Waals surface area contributed by atoms with E-state index in [0.29, 0.717) is 10.6 Å². The Balaban J connectivity index is 1.84. The zero-order valence-corrected chi connectivity index (χ0v) is 18.1. The van der Waals surface area contributed by atoms with E-state index in [0.717, 1.165) is 6.07 Å². The van der Waals surface area contributed by atoms with Crippen LogP contribution in [0.3, 0.4) is 0 Å². The number of anilines is 1. The average molecular weight is 482 g/mol. The summed E-state index contributed by atoms with van der Waals surface area (Å²) in [5.41, 5.74) is -0.0620. The molecule has 3 rings (SSSR count). The van der Waals surface area contributed by atoms with Gasteiger partial charge in [0.25, 0.3) is 11.6 Å². The Morgan fingerprint density at radius 1 is 1.06 bits per heavy atom. The molecule has 0 saturated carbocycles. The van der Waals surface area contributed by atoms with Crippen molar-refractivity contribution in [1.82, 2.24) is 0 Å². The number of rotatable bonds is 6. The van der Waals surface area contributed by atoms with Gasteiger partial charge >= 0.3 is 5.97 Å². The summed E-state index contributed by atoms with van der Waals surface area (Å²) in [6.07, 6.45) is 1.24. The number of benzene rings is 3. The number of amides is 1. The summed E-state index contributed by atoms with van der Waals surface area (Å²) in [5, 5.41) is 23.3. The van der Waals surface area contributed by atoms with Crippen LogP contribution in [0.1, 0.15) is 15.9 Å². The molecule has 0 atom stereocenters. The molecule has 0 radical (unpaired) electrons. The number of nitro benzene ring substituents is 1. The summed E-state index contributed by atoms with van der Waals surface area (Å²) in [4.78, 5) is 35.3. The molecule has 0 bridgehead atoms. The molecule has 0 spiro atoms. The van der Waals surface area contributed by atoms with Crippen LogP contribution in [0.15, 0.2) is 72.3 Å². The van der Waals surface area contributed by atoms with Crippen LogP contribution in [-0.2, 0) is 4.79 Å². The van der Waals surface area contributed by atoms with Gasteiger partial charge in [-0.1, -0.05) is 41.4 Å². The Bertz CT molecular complexity index is 1310. The van der Waals surface area contributed by atoms with Gasteiger partial charge in [-0.3, -0.25) is 14.9 Å². The average Bonchev–Trinajstić information content (AvgIpc) is 2.79. The van der Waals surface area contributed by atoms with E-state index >= 15 is 0 Å². The Morgan fingerprint density at radius 3 is 2.42 bits per heavy atom. The largest absolute Gasteiger partial charge is 0.422 e. The number of nitro groups is 1. The first-order valence-corrected chi connectivity index (χ1v) is 9.98. The highest BCUT2D eigenvalue weighted by Crippen LogP contribution is 2.28. The summed E-state index contributed by atoms with van der Waals surface area (Å²) in [6.45, 7) is 0. The molecule has 0 aliphatic carbocycles. The molecule has 0 aliphatic heterocycles. The van der Waals surface area contributed by atoms with Gasteiger partial charge in [-0.25, -0.2) is 4.79 Å². The molecule has 1 amide bonds. The minimum absolute atomic E-state index is 0.0831. The molecule has 10 heteroatoms. The van der Waals surface area contributed by atoms with E-state index in [1.165, 1.54) is 36.4 Å². The lowest BCUT2D eigenvalue weighted by molar-refractivity contribution is -0.384. The molecule has 1 N–H and O–H groups in total. The van der Waals surface area contributed by atoms with Gasteiger partial charge in [-0.2, -0.15) is 5.26 Å². The maximum atomic E-state index is 12.6. The van der Waals surface area contributed by atoms with Crippen LogP contribution in [0.25, 0.3) is 6.08 Å². The van der Waals surface area contributed by atoms with Crippen molar-refractivity contribution in [2.75, 3.05) is 5.32 Å². The van der Waals surface area contributed by atoms with Crippen LogP contribution in [-0.4, -0.2) is 16.8 Å². The second-order valence-corrected chi connectivity index (χ2v) is 7.33. The van der Waals surface area contributed by atoms with Crippen LogP contribution in [0.4, 0.5) is 11.4 Å². The molecule has 0 unspecified atom stereocenters. The third-order valence-electron chi connectivity index (χ3n) is 4.27. The van der Waals surface area contributed by atoms with Gasteiger partial charge in [0.1, 0.15) is 22.4 Å². The van der Waals surface area contributed by atoms with Gasteiger partial charge in [-0.15, -0.1) is 0 Å². The molecule has 164 valence electrons. The number of carbonyl (C=O) groups excluding carboxylic acids is 2. The lowest BCUT2D eigenvalue weighted by Crippen LogP contribution is -2.14. The number of halogens is 2. The number of carbonyl (C=O) groups is 2. The fraction of sp³-hybridized carbons (Fsp3) is 0. The fourth-order valence-electron chi connectivity index (χ4n) is 2.67. The number of hydrogen-bond donors (Lipinski definition) is 1. The van der Waals surface area contributed by atoms with Crippen molar-refractivity contribution >= 4 is 52.5 Å². The number of nitriles is 1. The van der Waals surface area contributed by atoms with Gasteiger partial charge in [0.15, 0.2) is 0 Å². The summed E-state index contributed by atoms with van der Waals surface area (Å²) in [5.74, 6) is -1.34. The Morgan fingerprint density at radius 2 is 1.76 bits per heavy atom. The molecule has 3 aromatic carbocycles. The summed E-state index contributed by atoms with van der Waals surface area (Å²) in [6, 6.07) is 17.9. The molecule has 0 fully saturated rings. The maximum absolute atomic E-state index is 12.6. The van der Waals surface area contributed by atoms with E-state index in [-0.39, 0.29) is 27.6 Å². The van der Waals surface area contributed by atoms with Crippen molar-refractivity contribution in [3.63, 3.8) is 0 Å². The molecule has 0 heterocycles. The van der Waals surface area contributed by atoms with E-state index in [2.05, 4.69) is 5.32 Å². The topological polar surface area (TPSA) is 122 Å². The van der Waals surface area contributed by atoms with Gasteiger partial charge in [-0.05, 0) is 48.5 Å². The van der Waals surface area contributed by atoms with Crippen molar-refractivity contribution in [2.45, 2.75) is 0 Å². The highest BCUT2D eigenvalue weighted by atomic mass is 35.5. The predicted octanol–water partition coefficient (Wildman–Crippen LogP) is 5.67. The Hall–Kier alpha value is -4.19. The van der Waals surface area contributed by atoms with E-state index in [1.807, 2.05) is 0 Å². The Kier molecular flexibility index (Phi) is 7.41. The van der Waals surface area contributed by atoms with Gasteiger partial charge < -0.3 is 10.1 Å². The van der Waals surface area contributed by atoms with Gasteiger partial charge in [0, 0.05) is 22.3 Å². The highest BCUT2D eigenvalue weighted by molar-refractivity contribution is 6.32. The summed E-state index contributed by atoms with van der Waals surface area (Å²) >= 11 is 11.6. The van der Waals surface area contributed by atoms with E-state index < -0.39 is 22.5 Å². The zero-order chi connectivity index (χ0) is 24.0. The first-order valence-electron chi connectivity index (χ1n) is 9.22. The van der Waals surface area contributed by atoms with Crippen molar-refractivity contribution in [1.29, 1.82) is 5.26 Å². The lowest BCUT2D eigenvalue weighted by atomic mass is 10.1. The number of esters is 1. The normalized spacial score (nSPS) is 10.8. The number of para-hydroxylation sites is 1. The smallest absolute Gasteiger partial charge is 0.343 e. The second kappa shape index (κ2) is 10.4. The zero-order valence-electron chi connectivity index (χ0n) is 16.6. The highest BCUT2D eigenvalue weighted by Gasteiger charge is 2.17. The van der Waals surface area contributed by atoms with Gasteiger partial charge in [0.2, 0.25) is 0 Å². The molecule has 0 aliphatic rings. The Labute approximate surface area is 197 Å². The van der Waals surface area contributed by atoms with Crippen molar-refractivity contribution in [3.8, 4) is 11.8 Å². The molecule has 3 aromatic rings. The molecule has 0 aromatic heterocycles. The van der Waals surface area contributed by atoms with E-state index in [9.17, 15) is 25.0 Å². The number of nitrogens with zero attached hydrogens (tertiary/aromatic N) is 2. The number of nitrogens with one attached hydrogen (secondary N) is 1. The summed E-state index contributed by atoms with van der Waals surface area (Å²) in [7, 11) is 0. The van der Waals surface area contributed by atoms with Crippen LogP contribution >= 0.6 is 23.2 Å². The predicted molar refractivity (Wildman–Crippen MR) is 123 cm³/mol. The SMILES string of the molecule is N#C/C(=C\c1ccccc1OC(=O)c1ccc(Cl)cc1)C(=O)Nc1ccc(Cl)c([N+](=O)[O-])c1. The van der Waals surface area contributed by atoms with Crippen molar-refractivity contribution < 1.29 is 19.2 Å². The molecule has 0 saturated heterocycles.